The quantitative estimate of drug-likeness (QED) is 0.608. The van der Waals surface area contributed by atoms with Crippen molar-refractivity contribution in [2.75, 3.05) is 46.9 Å². The molecule has 1 aliphatic heterocycles. The van der Waals surface area contributed by atoms with Crippen LogP contribution in [0.2, 0.25) is 5.02 Å². The van der Waals surface area contributed by atoms with Gasteiger partial charge in [0.05, 0.1) is 31.4 Å². The minimum absolute atomic E-state index is 0.167. The van der Waals surface area contributed by atoms with Crippen molar-refractivity contribution < 1.29 is 23.8 Å². The molecule has 1 aliphatic rings. The Balaban J connectivity index is 1.56. The van der Waals surface area contributed by atoms with Crippen molar-refractivity contribution in [3.05, 3.63) is 58.6 Å². The Hall–Kier alpha value is -2.77. The summed E-state index contributed by atoms with van der Waals surface area (Å²) in [5.41, 5.74) is 1.32. The predicted molar refractivity (Wildman–Crippen MR) is 118 cm³/mol. The van der Waals surface area contributed by atoms with Gasteiger partial charge in [0.1, 0.15) is 6.61 Å². The molecule has 1 saturated heterocycles. The van der Waals surface area contributed by atoms with Crippen molar-refractivity contribution in [3.63, 3.8) is 0 Å². The lowest BCUT2D eigenvalue weighted by atomic mass is 10.1. The highest BCUT2D eigenvalue weighted by Gasteiger charge is 2.25. The van der Waals surface area contributed by atoms with Gasteiger partial charge in [0, 0.05) is 26.2 Å². The van der Waals surface area contributed by atoms with E-state index in [1.165, 1.54) is 14.2 Å². The first-order chi connectivity index (χ1) is 15.0. The zero-order valence-corrected chi connectivity index (χ0v) is 18.6. The molecule has 0 bridgehead atoms. The van der Waals surface area contributed by atoms with E-state index in [0.29, 0.717) is 43.2 Å². The second kappa shape index (κ2) is 11.0. The van der Waals surface area contributed by atoms with E-state index in [4.69, 9.17) is 25.8 Å². The standard InChI is InChI=1S/C23H27ClN2O5/c1-29-19-10-9-18(21(24)22(19)30-2)23(28)26-12-6-11-25(13-14-26)15-20(27)31-16-17-7-4-3-5-8-17/h3-5,7-10H,6,11-16H2,1-2H3. The first-order valence-electron chi connectivity index (χ1n) is 10.1. The summed E-state index contributed by atoms with van der Waals surface area (Å²) in [6.45, 7) is 2.83. The number of rotatable bonds is 7. The smallest absolute Gasteiger partial charge is 0.320 e. The topological polar surface area (TPSA) is 68.3 Å². The highest BCUT2D eigenvalue weighted by atomic mass is 35.5. The van der Waals surface area contributed by atoms with Crippen LogP contribution in [0.4, 0.5) is 0 Å². The molecule has 2 aromatic rings. The Kier molecular flexibility index (Phi) is 8.14. The molecular weight excluding hydrogens is 420 g/mol. The van der Waals surface area contributed by atoms with E-state index in [1.807, 2.05) is 35.2 Å². The average molecular weight is 447 g/mol. The van der Waals surface area contributed by atoms with E-state index in [0.717, 1.165) is 12.0 Å². The molecule has 0 aliphatic carbocycles. The highest BCUT2D eigenvalue weighted by molar-refractivity contribution is 6.35. The summed E-state index contributed by atoms with van der Waals surface area (Å²) >= 11 is 6.41. The van der Waals surface area contributed by atoms with Gasteiger partial charge < -0.3 is 19.1 Å². The summed E-state index contributed by atoms with van der Waals surface area (Å²) in [6, 6.07) is 12.9. The van der Waals surface area contributed by atoms with Crippen LogP contribution in [0.3, 0.4) is 0 Å². The van der Waals surface area contributed by atoms with Crippen molar-refractivity contribution >= 4 is 23.5 Å². The molecule has 1 amide bonds. The molecule has 0 radical (unpaired) electrons. The fourth-order valence-corrected chi connectivity index (χ4v) is 3.84. The van der Waals surface area contributed by atoms with Crippen molar-refractivity contribution in [1.29, 1.82) is 0 Å². The number of carbonyl (C=O) groups excluding carboxylic acids is 2. The van der Waals surface area contributed by atoms with Crippen LogP contribution in [0.5, 0.6) is 11.5 Å². The highest BCUT2D eigenvalue weighted by Crippen LogP contribution is 2.37. The summed E-state index contributed by atoms with van der Waals surface area (Å²) in [6.07, 6.45) is 0.753. The molecule has 0 N–H and O–H groups in total. The second-order valence-corrected chi connectivity index (χ2v) is 7.61. The molecule has 7 nitrogen and oxygen atoms in total. The number of amides is 1. The number of ether oxygens (including phenoxy) is 3. The Morgan fingerprint density at radius 1 is 0.968 bits per heavy atom. The van der Waals surface area contributed by atoms with Gasteiger partial charge in [-0.15, -0.1) is 0 Å². The largest absolute Gasteiger partial charge is 0.493 e. The average Bonchev–Trinajstić information content (AvgIpc) is 3.03. The maximum atomic E-state index is 13.1. The lowest BCUT2D eigenvalue weighted by molar-refractivity contribution is -0.146. The van der Waals surface area contributed by atoms with Crippen LogP contribution < -0.4 is 9.47 Å². The monoisotopic (exact) mass is 446 g/mol. The molecule has 0 atom stereocenters. The summed E-state index contributed by atoms with van der Waals surface area (Å²) < 4.78 is 15.9. The maximum Gasteiger partial charge on any atom is 0.320 e. The predicted octanol–water partition coefficient (Wildman–Crippen LogP) is 3.25. The lowest BCUT2D eigenvalue weighted by Crippen LogP contribution is -2.37. The van der Waals surface area contributed by atoms with E-state index < -0.39 is 0 Å². The summed E-state index contributed by atoms with van der Waals surface area (Å²) in [5, 5.41) is 0.234. The molecule has 0 saturated carbocycles. The van der Waals surface area contributed by atoms with E-state index in [1.54, 1.807) is 17.0 Å². The number of esters is 1. The maximum absolute atomic E-state index is 13.1. The molecule has 0 aromatic heterocycles. The van der Waals surface area contributed by atoms with Crippen LogP contribution in [0, 0.1) is 0 Å². The Bertz CT molecular complexity index is 906. The van der Waals surface area contributed by atoms with Crippen LogP contribution in [-0.2, 0) is 16.1 Å². The van der Waals surface area contributed by atoms with E-state index in [-0.39, 0.29) is 30.1 Å². The first kappa shape index (κ1) is 22.9. The Morgan fingerprint density at radius 3 is 2.45 bits per heavy atom. The third kappa shape index (κ3) is 5.89. The van der Waals surface area contributed by atoms with Crippen molar-refractivity contribution in [2.24, 2.45) is 0 Å². The summed E-state index contributed by atoms with van der Waals surface area (Å²) in [7, 11) is 3.00. The number of benzene rings is 2. The number of halogens is 1. The Labute approximate surface area is 187 Å². The van der Waals surface area contributed by atoms with Gasteiger partial charge in [-0.3, -0.25) is 14.5 Å². The number of nitrogens with zero attached hydrogens (tertiary/aromatic N) is 2. The molecule has 2 aromatic carbocycles. The van der Waals surface area contributed by atoms with Gasteiger partial charge in [-0.05, 0) is 24.1 Å². The zero-order valence-electron chi connectivity index (χ0n) is 17.8. The van der Waals surface area contributed by atoms with Crippen LogP contribution in [-0.4, -0.2) is 68.6 Å². The minimum Gasteiger partial charge on any atom is -0.493 e. The van der Waals surface area contributed by atoms with E-state index in [2.05, 4.69) is 0 Å². The number of hydrogen-bond acceptors (Lipinski definition) is 6. The lowest BCUT2D eigenvalue weighted by Gasteiger charge is -2.22. The van der Waals surface area contributed by atoms with Gasteiger partial charge in [-0.2, -0.15) is 0 Å². The third-order valence-electron chi connectivity index (χ3n) is 5.19. The van der Waals surface area contributed by atoms with Gasteiger partial charge >= 0.3 is 5.97 Å². The van der Waals surface area contributed by atoms with Crippen molar-refractivity contribution in [3.8, 4) is 11.5 Å². The van der Waals surface area contributed by atoms with E-state index >= 15 is 0 Å². The normalized spacial score (nSPS) is 14.6. The van der Waals surface area contributed by atoms with Crippen LogP contribution >= 0.6 is 11.6 Å². The van der Waals surface area contributed by atoms with Crippen LogP contribution in [0.15, 0.2) is 42.5 Å². The molecule has 166 valence electrons. The molecule has 3 rings (SSSR count). The third-order valence-corrected chi connectivity index (χ3v) is 5.56. The van der Waals surface area contributed by atoms with E-state index in [9.17, 15) is 9.59 Å². The van der Waals surface area contributed by atoms with Crippen molar-refractivity contribution in [2.45, 2.75) is 13.0 Å². The van der Waals surface area contributed by atoms with Crippen LogP contribution in [0.1, 0.15) is 22.3 Å². The second-order valence-electron chi connectivity index (χ2n) is 7.23. The molecular formula is C23H27ClN2O5. The number of methoxy groups -OCH3 is 2. The van der Waals surface area contributed by atoms with Gasteiger partial charge in [0.25, 0.3) is 5.91 Å². The van der Waals surface area contributed by atoms with Gasteiger partial charge in [0.2, 0.25) is 0 Å². The molecule has 8 heteroatoms. The summed E-state index contributed by atoms with van der Waals surface area (Å²) in [4.78, 5) is 29.0. The fraction of sp³-hybridized carbons (Fsp3) is 0.391. The van der Waals surface area contributed by atoms with Crippen molar-refractivity contribution in [1.82, 2.24) is 9.80 Å². The van der Waals surface area contributed by atoms with Gasteiger partial charge in [0.15, 0.2) is 11.5 Å². The molecule has 0 unspecified atom stereocenters. The van der Waals surface area contributed by atoms with Gasteiger partial charge in [-0.1, -0.05) is 41.9 Å². The number of hydrogen-bond donors (Lipinski definition) is 0. The van der Waals surface area contributed by atoms with Crippen LogP contribution in [0.25, 0.3) is 0 Å². The van der Waals surface area contributed by atoms with Gasteiger partial charge in [-0.25, -0.2) is 0 Å². The molecule has 1 heterocycles. The molecule has 1 fully saturated rings. The summed E-state index contributed by atoms with van der Waals surface area (Å²) in [5.74, 6) is 0.374. The molecule has 31 heavy (non-hydrogen) atoms. The SMILES string of the molecule is COc1ccc(C(=O)N2CCCN(CC(=O)OCc3ccccc3)CC2)c(Cl)c1OC. The Morgan fingerprint density at radius 2 is 1.74 bits per heavy atom. The first-order valence-corrected chi connectivity index (χ1v) is 10.5. The fourth-order valence-electron chi connectivity index (χ4n) is 3.52. The zero-order chi connectivity index (χ0) is 22.2. The number of carbonyl (C=O) groups is 2. The molecule has 0 spiro atoms. The minimum atomic E-state index is -0.272.